The quantitative estimate of drug-likeness (QED) is 0.154. The molecular weight excluding hydrogens is 466 g/mol. The highest BCUT2D eigenvalue weighted by molar-refractivity contribution is 5.93. The minimum absolute atomic E-state index is 0.0501. The summed E-state index contributed by atoms with van der Waals surface area (Å²) in [6.07, 6.45) is 0. The molecule has 0 aliphatic carbocycles. The van der Waals surface area contributed by atoms with Crippen molar-refractivity contribution in [2.75, 3.05) is 0 Å². The number of nitrogens with zero attached hydrogens (tertiary/aromatic N) is 1. The highest BCUT2D eigenvalue weighted by atomic mass is 16.5. The average Bonchev–Trinajstić information content (AvgIpc) is 2.92. The van der Waals surface area contributed by atoms with Crippen molar-refractivity contribution in [3.8, 4) is 16.9 Å². The van der Waals surface area contributed by atoms with E-state index in [4.69, 9.17) is 20.9 Å². The third kappa shape index (κ3) is 6.82. The van der Waals surface area contributed by atoms with Crippen molar-refractivity contribution >= 4 is 17.9 Å². The molecule has 4 aromatic carbocycles. The Balaban J connectivity index is 1.37. The van der Waals surface area contributed by atoms with Gasteiger partial charge in [0, 0.05) is 0 Å². The van der Waals surface area contributed by atoms with Crippen LogP contribution in [0.2, 0.25) is 0 Å². The van der Waals surface area contributed by atoms with E-state index < -0.39 is 5.97 Å². The summed E-state index contributed by atoms with van der Waals surface area (Å²) >= 11 is 0. The number of nitrogens with two attached hydrogens (primary N) is 2. The van der Waals surface area contributed by atoms with Gasteiger partial charge in [0.1, 0.15) is 12.4 Å². The highest BCUT2D eigenvalue weighted by Gasteiger charge is 2.14. The molecule has 0 saturated carbocycles. The maximum atomic E-state index is 12.7. The van der Waals surface area contributed by atoms with Gasteiger partial charge in [0.15, 0.2) is 5.96 Å². The first-order valence-electron chi connectivity index (χ1n) is 11.7. The van der Waals surface area contributed by atoms with Crippen LogP contribution in [0.3, 0.4) is 0 Å². The maximum absolute atomic E-state index is 12.7. The highest BCUT2D eigenvalue weighted by Crippen LogP contribution is 2.24. The van der Waals surface area contributed by atoms with Crippen LogP contribution >= 0.6 is 0 Å². The number of hydrogen-bond acceptors (Lipinski definition) is 5. The second-order valence-electron chi connectivity index (χ2n) is 8.45. The van der Waals surface area contributed by atoms with E-state index in [1.165, 1.54) is 0 Å². The molecule has 0 unspecified atom stereocenters. The number of hydrogen-bond donors (Lipinski definition) is 2. The molecule has 0 aliphatic heterocycles. The van der Waals surface area contributed by atoms with Crippen molar-refractivity contribution in [1.82, 2.24) is 0 Å². The molecule has 186 valence electrons. The molecular formula is C30H27N3O4. The fourth-order valence-electron chi connectivity index (χ4n) is 3.63. The molecule has 7 nitrogen and oxygen atoms in total. The lowest BCUT2D eigenvalue weighted by Gasteiger charge is -2.09. The summed E-state index contributed by atoms with van der Waals surface area (Å²) in [5, 5.41) is 0. The summed E-state index contributed by atoms with van der Waals surface area (Å²) in [7, 11) is 0. The minimum atomic E-state index is -0.498. The van der Waals surface area contributed by atoms with Crippen molar-refractivity contribution in [2.24, 2.45) is 16.5 Å². The van der Waals surface area contributed by atoms with E-state index in [0.717, 1.165) is 22.3 Å². The van der Waals surface area contributed by atoms with Crippen LogP contribution in [0.15, 0.2) is 102 Å². The van der Waals surface area contributed by atoms with E-state index in [-0.39, 0.29) is 25.1 Å². The number of aliphatic imine (C=N–C) groups is 1. The molecule has 0 spiro atoms. The van der Waals surface area contributed by atoms with E-state index in [1.54, 1.807) is 48.5 Å². The van der Waals surface area contributed by atoms with Gasteiger partial charge in [-0.25, -0.2) is 14.6 Å². The van der Waals surface area contributed by atoms with Crippen LogP contribution in [0.25, 0.3) is 11.1 Å². The molecule has 0 heterocycles. The van der Waals surface area contributed by atoms with Crippen molar-refractivity contribution < 1.29 is 19.1 Å². The molecule has 0 atom stereocenters. The Morgan fingerprint density at radius 2 is 1.38 bits per heavy atom. The van der Waals surface area contributed by atoms with Gasteiger partial charge >= 0.3 is 11.9 Å². The second kappa shape index (κ2) is 11.7. The molecule has 0 bridgehead atoms. The number of carbonyl (C=O) groups excluding carboxylic acids is 2. The SMILES string of the molecule is Cc1ccc(COC(=O)c2ccc(-c3ccc(OC(=O)c4ccccc4CN=C(N)N)cc3)cc2)cc1. The average molecular weight is 494 g/mol. The molecule has 7 heteroatoms. The van der Waals surface area contributed by atoms with E-state index in [0.29, 0.717) is 22.4 Å². The zero-order valence-electron chi connectivity index (χ0n) is 20.4. The first-order valence-corrected chi connectivity index (χ1v) is 11.7. The summed E-state index contributed by atoms with van der Waals surface area (Å²) in [4.78, 5) is 29.1. The largest absolute Gasteiger partial charge is 0.457 e. The van der Waals surface area contributed by atoms with E-state index in [9.17, 15) is 9.59 Å². The smallest absolute Gasteiger partial charge is 0.343 e. The third-order valence-corrected chi connectivity index (χ3v) is 5.68. The number of esters is 2. The molecule has 0 radical (unpaired) electrons. The van der Waals surface area contributed by atoms with Crippen molar-refractivity contribution in [3.05, 3.63) is 125 Å². The van der Waals surface area contributed by atoms with Gasteiger partial charge in [-0.1, -0.05) is 72.3 Å². The van der Waals surface area contributed by atoms with Crippen LogP contribution in [-0.2, 0) is 17.9 Å². The van der Waals surface area contributed by atoms with Crippen molar-refractivity contribution in [1.29, 1.82) is 0 Å². The summed E-state index contributed by atoms with van der Waals surface area (Å²) in [6, 6.07) is 29.1. The lowest BCUT2D eigenvalue weighted by atomic mass is 10.0. The van der Waals surface area contributed by atoms with Gasteiger partial charge in [0.2, 0.25) is 0 Å². The molecule has 4 aromatic rings. The van der Waals surface area contributed by atoms with E-state index in [1.807, 2.05) is 55.5 Å². The van der Waals surface area contributed by atoms with E-state index in [2.05, 4.69) is 4.99 Å². The predicted molar refractivity (Wildman–Crippen MR) is 143 cm³/mol. The van der Waals surface area contributed by atoms with Gasteiger partial charge in [0.25, 0.3) is 0 Å². The third-order valence-electron chi connectivity index (χ3n) is 5.68. The monoisotopic (exact) mass is 493 g/mol. The van der Waals surface area contributed by atoms with Crippen LogP contribution in [0.4, 0.5) is 0 Å². The number of carbonyl (C=O) groups is 2. The lowest BCUT2D eigenvalue weighted by Crippen LogP contribution is -2.23. The zero-order valence-corrected chi connectivity index (χ0v) is 20.4. The topological polar surface area (TPSA) is 117 Å². The first kappa shape index (κ1) is 25.2. The normalized spacial score (nSPS) is 10.4. The van der Waals surface area contributed by atoms with Crippen LogP contribution in [0.1, 0.15) is 37.4 Å². The van der Waals surface area contributed by atoms with Crippen LogP contribution in [0, 0.1) is 6.92 Å². The summed E-state index contributed by atoms with van der Waals surface area (Å²) in [5.41, 5.74) is 16.2. The lowest BCUT2D eigenvalue weighted by molar-refractivity contribution is 0.0472. The fraction of sp³-hybridized carbons (Fsp3) is 0.100. The second-order valence-corrected chi connectivity index (χ2v) is 8.45. The number of rotatable bonds is 8. The Hall–Kier alpha value is -4.91. The maximum Gasteiger partial charge on any atom is 0.343 e. The molecule has 37 heavy (non-hydrogen) atoms. The number of aryl methyl sites for hydroxylation is 1. The number of ether oxygens (including phenoxy) is 2. The van der Waals surface area contributed by atoms with Crippen molar-refractivity contribution in [2.45, 2.75) is 20.1 Å². The molecule has 0 fully saturated rings. The number of guanidine groups is 1. The molecule has 4 rings (SSSR count). The van der Waals surface area contributed by atoms with Crippen molar-refractivity contribution in [3.63, 3.8) is 0 Å². The summed E-state index contributed by atoms with van der Waals surface area (Å²) in [5.74, 6) is -0.523. The van der Waals surface area contributed by atoms with Gasteiger partial charge < -0.3 is 20.9 Å². The molecule has 0 saturated heterocycles. The Kier molecular flexibility index (Phi) is 7.95. The zero-order chi connectivity index (χ0) is 26.2. The van der Waals surface area contributed by atoms with Gasteiger partial charge in [0.05, 0.1) is 17.7 Å². The van der Waals surface area contributed by atoms with Gasteiger partial charge in [-0.3, -0.25) is 0 Å². The molecule has 0 aliphatic rings. The summed E-state index contributed by atoms with van der Waals surface area (Å²) in [6.45, 7) is 2.41. The first-order chi connectivity index (χ1) is 17.9. The standard InChI is InChI=1S/C30H27N3O4/c1-20-6-8-21(9-7-20)19-36-28(34)24-12-10-22(11-13-24)23-14-16-26(17-15-23)37-29(35)27-5-3-2-4-25(27)18-33-30(31)32/h2-17H,18-19H2,1H3,(H4,31,32,33). The Morgan fingerprint density at radius 1 is 0.757 bits per heavy atom. The minimum Gasteiger partial charge on any atom is -0.457 e. The fourth-order valence-corrected chi connectivity index (χ4v) is 3.63. The summed E-state index contributed by atoms with van der Waals surface area (Å²) < 4.78 is 11.0. The number of benzene rings is 4. The molecule has 0 aromatic heterocycles. The molecule has 0 amide bonds. The predicted octanol–water partition coefficient (Wildman–Crippen LogP) is 5.01. The Morgan fingerprint density at radius 3 is 2.03 bits per heavy atom. The van der Waals surface area contributed by atoms with Crippen LogP contribution in [-0.4, -0.2) is 17.9 Å². The van der Waals surface area contributed by atoms with Crippen LogP contribution in [0.5, 0.6) is 5.75 Å². The van der Waals surface area contributed by atoms with Crippen LogP contribution < -0.4 is 16.2 Å². The Labute approximate surface area is 215 Å². The van der Waals surface area contributed by atoms with Gasteiger partial charge in [-0.05, 0) is 59.5 Å². The molecule has 4 N–H and O–H groups in total. The van der Waals surface area contributed by atoms with Gasteiger partial charge in [-0.2, -0.15) is 0 Å². The van der Waals surface area contributed by atoms with Gasteiger partial charge in [-0.15, -0.1) is 0 Å². The van der Waals surface area contributed by atoms with E-state index >= 15 is 0 Å². The Bertz CT molecular complexity index is 1410.